The average Bonchev–Trinajstić information content (AvgIpc) is 1.66. The molecule has 3 unspecified atom stereocenters. The Hall–Kier alpha value is -1.38. The summed E-state index contributed by atoms with van der Waals surface area (Å²) in [4.78, 5) is 0. The molecule has 0 bridgehead atoms. The van der Waals surface area contributed by atoms with Crippen molar-refractivity contribution >= 4 is 0 Å². The maximum atomic E-state index is 12.8. The average molecular weight is 1290 g/mol. The van der Waals surface area contributed by atoms with Crippen LogP contribution in [-0.2, 0) is 47.4 Å². The van der Waals surface area contributed by atoms with Crippen molar-refractivity contribution in [1.29, 1.82) is 0 Å². The SMILES string of the molecule is C[C@@H]1[C@@H](O)[C@@H](OC[C@H]2O[C@@H](O[C@H](CC[C@@H](C)C3CC[C@@]4(C)C5CC=C6C(CC[C@H](O[C@@H]7O[C@H](CO)[C@@H](O[C@H]8O[C@H](CO)[C@@H](O)[C@H](O)[C@H]8O)[C@H](O)[C@H]7O)C6(C)C)[C@]5(C)[C@H](O)C[C@]34C)C(C)(C)O)[C@H](O[C@@H]3O[C@H](CO)[C@@H](O)[C@H](O)[C@H]3O)[C@@H](O)[C@@H]2O)O[C@H](CO)[C@H]1O. The van der Waals surface area contributed by atoms with Gasteiger partial charge >= 0.3 is 0 Å². The first-order valence-corrected chi connectivity index (χ1v) is 31.9. The van der Waals surface area contributed by atoms with Crippen molar-refractivity contribution in [2.24, 2.45) is 51.2 Å². The highest BCUT2D eigenvalue weighted by molar-refractivity contribution is 5.32. The molecule has 516 valence electrons. The van der Waals surface area contributed by atoms with Gasteiger partial charge in [-0.25, -0.2) is 0 Å². The second-order valence-electron chi connectivity index (χ2n) is 29.0. The number of aliphatic hydroxyl groups excluding tert-OH is 17. The summed E-state index contributed by atoms with van der Waals surface area (Å²) < 4.78 is 60.0. The number of fused-ring (bicyclic) bond motifs is 5. The van der Waals surface area contributed by atoms with E-state index in [4.69, 9.17) is 47.4 Å². The van der Waals surface area contributed by atoms with Crippen molar-refractivity contribution in [1.82, 2.24) is 0 Å². The van der Waals surface area contributed by atoms with Gasteiger partial charge in [-0.3, -0.25) is 0 Å². The molecule has 8 fully saturated rings. The van der Waals surface area contributed by atoms with Crippen molar-refractivity contribution in [2.45, 2.75) is 285 Å². The fourth-order valence-corrected chi connectivity index (χ4v) is 17.3. The normalized spacial score (nSPS) is 51.8. The van der Waals surface area contributed by atoms with Crippen LogP contribution < -0.4 is 0 Å². The highest BCUT2D eigenvalue weighted by atomic mass is 16.8. The van der Waals surface area contributed by atoms with E-state index in [2.05, 4.69) is 33.8 Å². The molecule has 3 saturated carbocycles. The smallest absolute Gasteiger partial charge is 0.187 e. The van der Waals surface area contributed by atoms with Crippen LogP contribution in [0.25, 0.3) is 0 Å². The number of aliphatic hydroxyl groups is 18. The van der Waals surface area contributed by atoms with E-state index in [-0.39, 0.29) is 40.9 Å². The molecule has 9 aliphatic rings. The van der Waals surface area contributed by atoms with Crippen molar-refractivity contribution in [2.75, 3.05) is 33.0 Å². The highest BCUT2D eigenvalue weighted by Crippen LogP contribution is 2.75. The summed E-state index contributed by atoms with van der Waals surface area (Å²) in [5.41, 5.74) is -2.40. The van der Waals surface area contributed by atoms with Gasteiger partial charge < -0.3 is 139 Å². The maximum absolute atomic E-state index is 12.8. The molecule has 28 nitrogen and oxygen atoms in total. The fraction of sp³-hybridized carbons (Fsp3) is 0.967. The third-order valence-corrected chi connectivity index (χ3v) is 23.3. The van der Waals surface area contributed by atoms with Gasteiger partial charge in [0, 0.05) is 16.7 Å². The molecule has 18 N–H and O–H groups in total. The molecule has 0 radical (unpaired) electrons. The van der Waals surface area contributed by atoms with E-state index >= 15 is 0 Å². The van der Waals surface area contributed by atoms with Gasteiger partial charge in [0.25, 0.3) is 0 Å². The van der Waals surface area contributed by atoms with Crippen LogP contribution in [-0.4, -0.2) is 296 Å². The molecule has 0 aromatic rings. The Morgan fingerprint density at radius 1 is 0.539 bits per heavy atom. The summed E-state index contributed by atoms with van der Waals surface area (Å²) in [5, 5.41) is 196. The van der Waals surface area contributed by atoms with Crippen LogP contribution in [0.4, 0.5) is 0 Å². The summed E-state index contributed by atoms with van der Waals surface area (Å²) in [6.07, 6.45) is -33.9. The summed E-state index contributed by atoms with van der Waals surface area (Å²) in [6, 6.07) is 0. The van der Waals surface area contributed by atoms with E-state index in [1.807, 2.05) is 13.8 Å². The minimum Gasteiger partial charge on any atom is -0.394 e. The minimum atomic E-state index is -1.93. The largest absolute Gasteiger partial charge is 0.394 e. The van der Waals surface area contributed by atoms with Gasteiger partial charge in [0.05, 0.1) is 63.1 Å². The zero-order valence-corrected chi connectivity index (χ0v) is 52.4. The summed E-state index contributed by atoms with van der Waals surface area (Å²) in [5.74, 6) is -0.760. The van der Waals surface area contributed by atoms with Crippen molar-refractivity contribution < 1.29 is 139 Å². The Labute approximate surface area is 518 Å². The topological polar surface area (TPSA) is 456 Å². The van der Waals surface area contributed by atoms with Crippen molar-refractivity contribution in [3.63, 3.8) is 0 Å². The molecule has 5 aliphatic heterocycles. The van der Waals surface area contributed by atoms with E-state index in [1.54, 1.807) is 0 Å². The van der Waals surface area contributed by atoms with E-state index in [0.29, 0.717) is 32.1 Å². The Bertz CT molecular complexity index is 2340. The zero-order valence-electron chi connectivity index (χ0n) is 52.4. The van der Waals surface area contributed by atoms with Gasteiger partial charge in [0.15, 0.2) is 31.5 Å². The molecule has 0 aromatic heterocycles. The fourth-order valence-electron chi connectivity index (χ4n) is 17.3. The highest BCUT2D eigenvalue weighted by Gasteiger charge is 2.71. The number of allylic oxidation sites excluding steroid dienone is 1. The lowest BCUT2D eigenvalue weighted by molar-refractivity contribution is -0.380. The maximum Gasteiger partial charge on any atom is 0.187 e. The third kappa shape index (κ3) is 13.0. The number of ether oxygens (including phenoxy) is 10. The minimum absolute atomic E-state index is 0.0171. The molecule has 5 heterocycles. The molecular weight excluding hydrogens is 1180 g/mol. The molecule has 35 atom stereocenters. The van der Waals surface area contributed by atoms with Gasteiger partial charge in [-0.05, 0) is 99.7 Å². The second-order valence-corrected chi connectivity index (χ2v) is 29.0. The van der Waals surface area contributed by atoms with E-state index in [1.165, 1.54) is 20.8 Å². The Balaban J connectivity index is 0.884. The third-order valence-electron chi connectivity index (χ3n) is 23.3. The first-order chi connectivity index (χ1) is 41.7. The summed E-state index contributed by atoms with van der Waals surface area (Å²) >= 11 is 0. The van der Waals surface area contributed by atoms with Crippen LogP contribution in [0, 0.1) is 51.2 Å². The zero-order chi connectivity index (χ0) is 65.5. The van der Waals surface area contributed by atoms with E-state index in [9.17, 15) is 91.9 Å². The van der Waals surface area contributed by atoms with Crippen LogP contribution in [0.3, 0.4) is 0 Å². The van der Waals surface area contributed by atoms with Gasteiger partial charge in [-0.15, -0.1) is 0 Å². The van der Waals surface area contributed by atoms with Crippen LogP contribution in [0.1, 0.15) is 114 Å². The molecule has 0 amide bonds. The standard InChI is InChI=1S/C61H104O28/c1-24(10-14-37(58(5,6)79)87-56-51(89-55-48(77)44(73)41(70)31(21-64)83-55)45(74)42(71)33(85-56)23-80-52-39(68)25(2)38(67)29(19-62)81-52)26-16-17-59(7)34-13-11-27-28(61(34,9)35(66)18-60(26,59)8)12-15-36(57(27,3)4)86-53-49(78)46(75)50(32(22-65)84-53)88-54-47(76)43(72)40(69)30(20-63)82-54/h11,24-26,28-56,62-79H,10,12-23H2,1-9H3/t24-,25+,26?,28?,29-,30-,31-,32-,33-,34?,35-,36+,37-,38+,39-,40-,41-,42-,43+,44+,45+,46-,47-,48-,49-,50-,51-,52+,53+,54-,55+,56+,59+,60-,61+/m1/s1. The molecule has 0 spiro atoms. The molecule has 28 heteroatoms. The monoisotopic (exact) mass is 1280 g/mol. The quantitative estimate of drug-likeness (QED) is 0.0515. The lowest BCUT2D eigenvalue weighted by atomic mass is 9.38. The number of hydrogen-bond acceptors (Lipinski definition) is 28. The van der Waals surface area contributed by atoms with Crippen molar-refractivity contribution in [3.05, 3.63) is 11.6 Å². The molecule has 5 saturated heterocycles. The van der Waals surface area contributed by atoms with Crippen LogP contribution >= 0.6 is 0 Å². The molecular formula is C61H104O28. The predicted octanol–water partition coefficient (Wildman–Crippen LogP) is -4.13. The van der Waals surface area contributed by atoms with Gasteiger partial charge in [-0.1, -0.05) is 60.1 Å². The predicted molar refractivity (Wildman–Crippen MR) is 303 cm³/mol. The Kier molecular flexibility index (Phi) is 22.3. The number of rotatable bonds is 20. The second kappa shape index (κ2) is 27.6. The van der Waals surface area contributed by atoms with Crippen LogP contribution in [0.5, 0.6) is 0 Å². The molecule has 0 aromatic carbocycles. The van der Waals surface area contributed by atoms with Gasteiger partial charge in [-0.2, -0.15) is 0 Å². The molecule has 9 rings (SSSR count). The van der Waals surface area contributed by atoms with Crippen molar-refractivity contribution in [3.8, 4) is 0 Å². The van der Waals surface area contributed by atoms with E-state index < -0.39 is 221 Å². The molecule has 89 heavy (non-hydrogen) atoms. The lowest BCUT2D eigenvalue weighted by Crippen LogP contribution is -2.66. The lowest BCUT2D eigenvalue weighted by Gasteiger charge is -2.67. The van der Waals surface area contributed by atoms with Crippen LogP contribution in [0.15, 0.2) is 11.6 Å². The first-order valence-electron chi connectivity index (χ1n) is 31.9. The first kappa shape index (κ1) is 71.9. The summed E-state index contributed by atoms with van der Waals surface area (Å²) in [7, 11) is 0. The van der Waals surface area contributed by atoms with E-state index in [0.717, 1.165) is 18.4 Å². The number of hydrogen-bond donors (Lipinski definition) is 18. The Morgan fingerprint density at radius 3 is 1.61 bits per heavy atom. The van der Waals surface area contributed by atoms with Gasteiger partial charge in [0.1, 0.15) is 110 Å². The summed E-state index contributed by atoms with van der Waals surface area (Å²) in [6.45, 7) is 14.3. The Morgan fingerprint density at radius 2 is 1.03 bits per heavy atom. The molecule has 4 aliphatic carbocycles. The van der Waals surface area contributed by atoms with Crippen LogP contribution in [0.2, 0.25) is 0 Å². The van der Waals surface area contributed by atoms with Gasteiger partial charge in [0.2, 0.25) is 0 Å².